The zero-order valence-corrected chi connectivity index (χ0v) is 12.4. The van der Waals surface area contributed by atoms with Crippen molar-refractivity contribution in [3.63, 3.8) is 0 Å². The number of amides is 2. The van der Waals surface area contributed by atoms with Crippen LogP contribution in [0.5, 0.6) is 0 Å². The molecule has 7 heteroatoms. The summed E-state index contributed by atoms with van der Waals surface area (Å²) in [6.45, 7) is 5.33. The quantitative estimate of drug-likeness (QED) is 0.859. The van der Waals surface area contributed by atoms with E-state index in [1.165, 1.54) is 12.3 Å². The number of carboxylic acids is 1. The molecule has 0 aromatic carbocycles. The summed E-state index contributed by atoms with van der Waals surface area (Å²) in [5.74, 6) is -1.16. The first-order valence-corrected chi connectivity index (χ1v) is 6.86. The molecule has 7 nitrogen and oxygen atoms in total. The van der Waals surface area contributed by atoms with Gasteiger partial charge in [-0.25, -0.2) is 14.6 Å². The predicted octanol–water partition coefficient (Wildman–Crippen LogP) is 1.34. The van der Waals surface area contributed by atoms with E-state index in [0.29, 0.717) is 13.1 Å². The van der Waals surface area contributed by atoms with Gasteiger partial charge in [0.25, 0.3) is 0 Å². The van der Waals surface area contributed by atoms with Crippen molar-refractivity contribution in [3.05, 3.63) is 24.0 Å². The molecule has 2 heterocycles. The van der Waals surface area contributed by atoms with Crippen molar-refractivity contribution in [1.29, 1.82) is 0 Å². The number of urea groups is 1. The number of aromatic carboxylic acids is 1. The van der Waals surface area contributed by atoms with Gasteiger partial charge in [0, 0.05) is 31.4 Å². The van der Waals surface area contributed by atoms with E-state index < -0.39 is 5.97 Å². The third-order valence-electron chi connectivity index (χ3n) is 3.90. The Morgan fingerprint density at radius 1 is 1.33 bits per heavy atom. The van der Waals surface area contributed by atoms with Crippen LogP contribution in [-0.2, 0) is 0 Å². The fraction of sp³-hybridized carbons (Fsp3) is 0.500. The van der Waals surface area contributed by atoms with Gasteiger partial charge in [0.05, 0.1) is 5.69 Å². The Morgan fingerprint density at radius 3 is 2.52 bits per heavy atom. The topological polar surface area (TPSA) is 85.8 Å². The molecule has 2 unspecified atom stereocenters. The number of hydrogen-bond donors (Lipinski definition) is 2. The summed E-state index contributed by atoms with van der Waals surface area (Å²) < 4.78 is 0. The fourth-order valence-electron chi connectivity index (χ4n) is 2.44. The first kappa shape index (κ1) is 15.2. The van der Waals surface area contributed by atoms with E-state index in [1.807, 2.05) is 7.05 Å². The SMILES string of the molecule is CC1CN(C(=O)Nc2cccnc2C(=O)O)CC(C)N1C. The van der Waals surface area contributed by atoms with Gasteiger partial charge in [-0.05, 0) is 33.0 Å². The summed E-state index contributed by atoms with van der Waals surface area (Å²) in [6.07, 6.45) is 1.39. The number of piperazine rings is 1. The van der Waals surface area contributed by atoms with Gasteiger partial charge < -0.3 is 15.3 Å². The van der Waals surface area contributed by atoms with Gasteiger partial charge in [-0.2, -0.15) is 0 Å². The molecule has 1 aliphatic heterocycles. The largest absolute Gasteiger partial charge is 0.476 e. The number of aromatic nitrogens is 1. The van der Waals surface area contributed by atoms with Crippen molar-refractivity contribution in [2.75, 3.05) is 25.5 Å². The van der Waals surface area contributed by atoms with Gasteiger partial charge in [0.1, 0.15) is 0 Å². The van der Waals surface area contributed by atoms with Crippen molar-refractivity contribution in [2.24, 2.45) is 0 Å². The monoisotopic (exact) mass is 292 g/mol. The smallest absolute Gasteiger partial charge is 0.356 e. The lowest BCUT2D eigenvalue weighted by Crippen LogP contribution is -2.57. The highest BCUT2D eigenvalue weighted by atomic mass is 16.4. The van der Waals surface area contributed by atoms with Crippen LogP contribution < -0.4 is 5.32 Å². The first-order chi connectivity index (χ1) is 9.90. The van der Waals surface area contributed by atoms with Crippen LogP contribution in [0.3, 0.4) is 0 Å². The van der Waals surface area contributed by atoms with Gasteiger partial charge in [0.2, 0.25) is 0 Å². The maximum absolute atomic E-state index is 12.3. The van der Waals surface area contributed by atoms with Crippen LogP contribution in [0.4, 0.5) is 10.5 Å². The lowest BCUT2D eigenvalue weighted by atomic mass is 10.1. The molecule has 1 aromatic heterocycles. The minimum atomic E-state index is -1.16. The summed E-state index contributed by atoms with van der Waals surface area (Å²) in [7, 11) is 2.04. The zero-order valence-electron chi connectivity index (χ0n) is 12.4. The summed E-state index contributed by atoms with van der Waals surface area (Å²) in [6, 6.07) is 3.35. The first-order valence-electron chi connectivity index (χ1n) is 6.86. The van der Waals surface area contributed by atoms with Crippen molar-refractivity contribution >= 4 is 17.7 Å². The number of anilines is 1. The Kier molecular flexibility index (Phi) is 4.42. The number of hydrogen-bond acceptors (Lipinski definition) is 4. The van der Waals surface area contributed by atoms with Gasteiger partial charge in [-0.15, -0.1) is 0 Å². The number of rotatable bonds is 2. The van der Waals surface area contributed by atoms with E-state index in [0.717, 1.165) is 0 Å². The van der Waals surface area contributed by atoms with E-state index in [4.69, 9.17) is 5.11 Å². The maximum atomic E-state index is 12.3. The minimum Gasteiger partial charge on any atom is -0.476 e. The molecule has 1 fully saturated rings. The Hall–Kier alpha value is -2.15. The van der Waals surface area contributed by atoms with Crippen LogP contribution in [0, 0.1) is 0 Å². The van der Waals surface area contributed by atoms with Crippen molar-refractivity contribution in [3.8, 4) is 0 Å². The maximum Gasteiger partial charge on any atom is 0.356 e. The molecular formula is C14H20N4O3. The van der Waals surface area contributed by atoms with Gasteiger partial charge >= 0.3 is 12.0 Å². The lowest BCUT2D eigenvalue weighted by Gasteiger charge is -2.42. The zero-order chi connectivity index (χ0) is 15.6. The molecule has 1 saturated heterocycles. The summed E-state index contributed by atoms with van der Waals surface area (Å²) >= 11 is 0. The molecule has 0 bridgehead atoms. The Balaban J connectivity index is 2.10. The molecule has 1 aliphatic rings. The molecule has 0 radical (unpaired) electrons. The lowest BCUT2D eigenvalue weighted by molar-refractivity contribution is 0.0691. The molecule has 2 amide bonds. The summed E-state index contributed by atoms with van der Waals surface area (Å²) in [5.41, 5.74) is 0.0651. The second kappa shape index (κ2) is 6.09. The summed E-state index contributed by atoms with van der Waals surface area (Å²) in [5, 5.41) is 11.7. The molecule has 0 saturated carbocycles. The van der Waals surface area contributed by atoms with Crippen LogP contribution in [0.1, 0.15) is 24.3 Å². The Morgan fingerprint density at radius 2 is 1.95 bits per heavy atom. The minimum absolute atomic E-state index is 0.152. The molecule has 2 rings (SSSR count). The van der Waals surface area contributed by atoms with Crippen LogP contribution in [0.15, 0.2) is 18.3 Å². The van der Waals surface area contributed by atoms with E-state index in [2.05, 4.69) is 29.0 Å². The Labute approximate surface area is 123 Å². The molecule has 114 valence electrons. The highest BCUT2D eigenvalue weighted by Gasteiger charge is 2.29. The number of carbonyl (C=O) groups is 2. The predicted molar refractivity (Wildman–Crippen MR) is 78.5 cm³/mol. The van der Waals surface area contributed by atoms with E-state index in [1.54, 1.807) is 11.0 Å². The van der Waals surface area contributed by atoms with Crippen molar-refractivity contribution in [1.82, 2.24) is 14.8 Å². The van der Waals surface area contributed by atoms with E-state index in [-0.39, 0.29) is 29.5 Å². The van der Waals surface area contributed by atoms with Gasteiger partial charge in [-0.3, -0.25) is 4.90 Å². The van der Waals surface area contributed by atoms with Crippen molar-refractivity contribution in [2.45, 2.75) is 25.9 Å². The number of likely N-dealkylation sites (N-methyl/N-ethyl adjacent to an activating group) is 1. The van der Waals surface area contributed by atoms with Gasteiger partial charge in [0.15, 0.2) is 5.69 Å². The number of pyridine rings is 1. The number of nitrogens with one attached hydrogen (secondary N) is 1. The Bertz CT molecular complexity index is 537. The van der Waals surface area contributed by atoms with E-state index in [9.17, 15) is 9.59 Å². The molecule has 1 aromatic rings. The molecule has 0 spiro atoms. The second-order valence-electron chi connectivity index (χ2n) is 5.40. The standard InChI is InChI=1S/C14H20N4O3/c1-9-7-18(8-10(2)17(9)3)14(21)16-11-5-4-6-15-12(11)13(19)20/h4-6,9-10H,7-8H2,1-3H3,(H,16,21)(H,19,20). The normalized spacial score (nSPS) is 22.9. The number of nitrogens with zero attached hydrogens (tertiary/aromatic N) is 3. The third kappa shape index (κ3) is 3.30. The van der Waals surface area contributed by atoms with Crippen LogP contribution in [-0.4, -0.2) is 64.1 Å². The van der Waals surface area contributed by atoms with Crippen LogP contribution in [0.2, 0.25) is 0 Å². The second-order valence-corrected chi connectivity index (χ2v) is 5.40. The summed E-state index contributed by atoms with van der Waals surface area (Å²) in [4.78, 5) is 31.1. The molecular weight excluding hydrogens is 272 g/mol. The average molecular weight is 292 g/mol. The molecule has 0 aliphatic carbocycles. The third-order valence-corrected chi connectivity index (χ3v) is 3.90. The van der Waals surface area contributed by atoms with E-state index >= 15 is 0 Å². The molecule has 2 atom stereocenters. The van der Waals surface area contributed by atoms with Crippen LogP contribution >= 0.6 is 0 Å². The van der Waals surface area contributed by atoms with Crippen molar-refractivity contribution < 1.29 is 14.7 Å². The highest BCUT2D eigenvalue weighted by molar-refractivity contribution is 5.98. The fourth-order valence-corrected chi connectivity index (χ4v) is 2.44. The van der Waals surface area contributed by atoms with Gasteiger partial charge in [-0.1, -0.05) is 0 Å². The highest BCUT2D eigenvalue weighted by Crippen LogP contribution is 2.17. The average Bonchev–Trinajstić information content (AvgIpc) is 2.44. The molecule has 21 heavy (non-hydrogen) atoms. The van der Waals surface area contributed by atoms with Crippen LogP contribution in [0.25, 0.3) is 0 Å². The number of carbonyl (C=O) groups excluding carboxylic acids is 1. The number of carboxylic acid groups (broad SMARTS) is 1. The molecule has 2 N–H and O–H groups in total.